The number of aromatic nitrogens is 3. The molecule has 0 unspecified atom stereocenters. The molecule has 1 aliphatic rings. The van der Waals surface area contributed by atoms with Crippen molar-refractivity contribution in [2.75, 3.05) is 18.6 Å². The van der Waals surface area contributed by atoms with Gasteiger partial charge in [-0.1, -0.05) is 6.07 Å². The summed E-state index contributed by atoms with van der Waals surface area (Å²) < 4.78 is 0. The Kier molecular flexibility index (Phi) is 2.51. The van der Waals surface area contributed by atoms with Gasteiger partial charge in [-0.05, 0) is 25.1 Å². The highest BCUT2D eigenvalue weighted by molar-refractivity contribution is 5.58. The van der Waals surface area contributed by atoms with Crippen LogP contribution in [0.15, 0.2) is 36.7 Å². The molecule has 1 aliphatic heterocycles. The van der Waals surface area contributed by atoms with Gasteiger partial charge in [-0.3, -0.25) is 5.10 Å². The molecule has 92 valence electrons. The molecule has 0 radical (unpaired) electrons. The fraction of sp³-hybridized carbons (Fsp3) is 0.231. The van der Waals surface area contributed by atoms with Crippen molar-refractivity contribution in [3.8, 4) is 11.4 Å². The number of rotatable bonds is 2. The summed E-state index contributed by atoms with van der Waals surface area (Å²) in [6.45, 7) is 2.81. The Hall–Kier alpha value is -2.30. The molecule has 0 fully saturated rings. The van der Waals surface area contributed by atoms with Gasteiger partial charge in [0.05, 0.1) is 12.4 Å². The lowest BCUT2D eigenvalue weighted by atomic mass is 10.2. The predicted octanol–water partition coefficient (Wildman–Crippen LogP) is 1.96. The van der Waals surface area contributed by atoms with Crippen LogP contribution in [-0.2, 0) is 0 Å². The normalized spacial score (nSPS) is 14.6. The zero-order valence-corrected chi connectivity index (χ0v) is 10.5. The largest absolute Gasteiger partial charge is 0.361 e. The minimum absolute atomic E-state index is 0.829. The smallest absolute Gasteiger partial charge is 0.134 e. The van der Waals surface area contributed by atoms with Gasteiger partial charge in [0.2, 0.25) is 0 Å². The summed E-state index contributed by atoms with van der Waals surface area (Å²) in [5.41, 5.74) is 2.81. The minimum atomic E-state index is 0.829. The van der Waals surface area contributed by atoms with Crippen LogP contribution in [0.2, 0.25) is 0 Å². The molecule has 0 atom stereocenters. The van der Waals surface area contributed by atoms with Gasteiger partial charge in [-0.2, -0.15) is 5.10 Å². The molecule has 5 nitrogen and oxygen atoms in total. The number of aryl methyl sites for hydroxylation is 1. The summed E-state index contributed by atoms with van der Waals surface area (Å²) in [7, 11) is 2.04. The third kappa shape index (κ3) is 1.95. The predicted molar refractivity (Wildman–Crippen MR) is 70.8 cm³/mol. The van der Waals surface area contributed by atoms with E-state index in [1.54, 1.807) is 0 Å². The minimum Gasteiger partial charge on any atom is -0.361 e. The second-order valence-electron chi connectivity index (χ2n) is 4.48. The van der Waals surface area contributed by atoms with Gasteiger partial charge in [0.25, 0.3) is 0 Å². The van der Waals surface area contributed by atoms with Gasteiger partial charge < -0.3 is 9.80 Å². The molecule has 2 aromatic heterocycles. The number of nitrogens with zero attached hydrogens (tertiary/aromatic N) is 4. The van der Waals surface area contributed by atoms with Gasteiger partial charge >= 0.3 is 0 Å². The molecular weight excluding hydrogens is 226 g/mol. The fourth-order valence-corrected chi connectivity index (χ4v) is 1.95. The first kappa shape index (κ1) is 10.8. The van der Waals surface area contributed by atoms with Crippen LogP contribution in [0.3, 0.4) is 0 Å². The van der Waals surface area contributed by atoms with E-state index < -0.39 is 0 Å². The van der Waals surface area contributed by atoms with E-state index in [4.69, 9.17) is 0 Å². The standard InChI is InChI=1S/C13H15N5/c1-10-8-12(16-15-10)11-4-3-5-13(14-11)18-7-6-17(2)9-18/h3-8H,9H2,1-2H3,(H,15,16). The van der Waals surface area contributed by atoms with Crippen LogP contribution < -0.4 is 4.90 Å². The molecule has 1 N–H and O–H groups in total. The van der Waals surface area contributed by atoms with E-state index in [1.807, 2.05) is 50.6 Å². The summed E-state index contributed by atoms with van der Waals surface area (Å²) >= 11 is 0. The van der Waals surface area contributed by atoms with Crippen LogP contribution >= 0.6 is 0 Å². The van der Waals surface area contributed by atoms with Crippen LogP contribution in [0.5, 0.6) is 0 Å². The summed E-state index contributed by atoms with van der Waals surface area (Å²) in [6.07, 6.45) is 4.06. The first-order valence-electron chi connectivity index (χ1n) is 5.87. The highest BCUT2D eigenvalue weighted by atomic mass is 15.3. The highest BCUT2D eigenvalue weighted by Crippen LogP contribution is 2.21. The number of pyridine rings is 1. The number of nitrogens with one attached hydrogen (secondary N) is 1. The lowest BCUT2D eigenvalue weighted by molar-refractivity contribution is 0.494. The number of anilines is 1. The zero-order chi connectivity index (χ0) is 12.5. The van der Waals surface area contributed by atoms with Crippen molar-refractivity contribution in [3.05, 3.63) is 42.4 Å². The maximum atomic E-state index is 4.64. The molecule has 0 saturated heterocycles. The molecule has 0 amide bonds. The number of hydrogen-bond acceptors (Lipinski definition) is 4. The van der Waals surface area contributed by atoms with Crippen molar-refractivity contribution in [2.45, 2.75) is 6.92 Å². The quantitative estimate of drug-likeness (QED) is 0.873. The maximum absolute atomic E-state index is 4.64. The Morgan fingerprint density at radius 2 is 2.11 bits per heavy atom. The lowest BCUT2D eigenvalue weighted by Gasteiger charge is -2.17. The van der Waals surface area contributed by atoms with Gasteiger partial charge in [0.1, 0.15) is 11.5 Å². The Labute approximate surface area is 106 Å². The molecule has 0 aliphatic carbocycles. The van der Waals surface area contributed by atoms with Crippen molar-refractivity contribution in [1.82, 2.24) is 20.1 Å². The molecule has 5 heteroatoms. The summed E-state index contributed by atoms with van der Waals surface area (Å²) in [6, 6.07) is 7.99. The summed E-state index contributed by atoms with van der Waals surface area (Å²) in [5, 5.41) is 7.17. The second kappa shape index (κ2) is 4.18. The number of H-pyrrole nitrogens is 1. The Morgan fingerprint density at radius 1 is 1.22 bits per heavy atom. The van der Waals surface area contributed by atoms with E-state index in [0.717, 1.165) is 29.6 Å². The third-order valence-electron chi connectivity index (χ3n) is 2.87. The highest BCUT2D eigenvalue weighted by Gasteiger charge is 2.13. The molecule has 18 heavy (non-hydrogen) atoms. The fourth-order valence-electron chi connectivity index (χ4n) is 1.95. The van der Waals surface area contributed by atoms with Crippen molar-refractivity contribution in [3.63, 3.8) is 0 Å². The van der Waals surface area contributed by atoms with Crippen LogP contribution in [0, 0.1) is 6.92 Å². The monoisotopic (exact) mass is 241 g/mol. The van der Waals surface area contributed by atoms with Gasteiger partial charge in [0, 0.05) is 25.1 Å². The molecule has 0 saturated carbocycles. The molecule has 0 bridgehead atoms. The van der Waals surface area contributed by atoms with E-state index in [9.17, 15) is 0 Å². The van der Waals surface area contributed by atoms with Crippen LogP contribution in [0.4, 0.5) is 5.82 Å². The van der Waals surface area contributed by atoms with Crippen molar-refractivity contribution in [2.24, 2.45) is 0 Å². The summed E-state index contributed by atoms with van der Waals surface area (Å²) in [5.74, 6) is 0.939. The second-order valence-corrected chi connectivity index (χ2v) is 4.48. The number of aromatic amines is 1. The average molecular weight is 241 g/mol. The summed E-state index contributed by atoms with van der Waals surface area (Å²) in [4.78, 5) is 8.84. The zero-order valence-electron chi connectivity index (χ0n) is 10.5. The average Bonchev–Trinajstić information content (AvgIpc) is 2.98. The van der Waals surface area contributed by atoms with Crippen LogP contribution in [0.25, 0.3) is 11.4 Å². The van der Waals surface area contributed by atoms with Crippen molar-refractivity contribution >= 4 is 5.82 Å². The Balaban J connectivity index is 1.92. The van der Waals surface area contributed by atoms with Crippen LogP contribution in [-0.4, -0.2) is 33.8 Å². The Morgan fingerprint density at radius 3 is 2.78 bits per heavy atom. The first-order chi connectivity index (χ1) is 8.72. The number of hydrogen-bond donors (Lipinski definition) is 1. The first-order valence-corrected chi connectivity index (χ1v) is 5.87. The maximum Gasteiger partial charge on any atom is 0.134 e. The van der Waals surface area contributed by atoms with Gasteiger partial charge in [-0.25, -0.2) is 4.98 Å². The van der Waals surface area contributed by atoms with Crippen molar-refractivity contribution < 1.29 is 0 Å². The molecule has 2 aromatic rings. The van der Waals surface area contributed by atoms with E-state index in [2.05, 4.69) is 25.0 Å². The SMILES string of the molecule is Cc1cc(-c2cccc(N3C=CN(C)C3)n2)n[nH]1. The molecule has 0 spiro atoms. The molecule has 0 aromatic carbocycles. The lowest BCUT2D eigenvalue weighted by Crippen LogP contribution is -2.22. The van der Waals surface area contributed by atoms with E-state index in [0.29, 0.717) is 0 Å². The Bertz CT molecular complexity index is 587. The van der Waals surface area contributed by atoms with Crippen molar-refractivity contribution in [1.29, 1.82) is 0 Å². The third-order valence-corrected chi connectivity index (χ3v) is 2.87. The van der Waals surface area contributed by atoms with Gasteiger partial charge in [-0.15, -0.1) is 0 Å². The topological polar surface area (TPSA) is 48.1 Å². The van der Waals surface area contributed by atoms with E-state index >= 15 is 0 Å². The van der Waals surface area contributed by atoms with Gasteiger partial charge in [0.15, 0.2) is 0 Å². The molecule has 3 heterocycles. The van der Waals surface area contributed by atoms with E-state index in [1.165, 1.54) is 0 Å². The van der Waals surface area contributed by atoms with Crippen LogP contribution in [0.1, 0.15) is 5.69 Å². The molecule has 3 rings (SSSR count). The van der Waals surface area contributed by atoms with E-state index in [-0.39, 0.29) is 0 Å². The molecular formula is C13H15N5.